The number of amides is 1. The summed E-state index contributed by atoms with van der Waals surface area (Å²) in [6.07, 6.45) is 2.17. The molecule has 1 saturated heterocycles. The summed E-state index contributed by atoms with van der Waals surface area (Å²) in [7, 11) is 0. The average Bonchev–Trinajstić information content (AvgIpc) is 3.26. The van der Waals surface area contributed by atoms with Crippen molar-refractivity contribution in [1.29, 1.82) is 0 Å². The van der Waals surface area contributed by atoms with Crippen LogP contribution in [0.5, 0.6) is 5.75 Å². The van der Waals surface area contributed by atoms with Crippen molar-refractivity contribution in [1.82, 2.24) is 10.3 Å². The van der Waals surface area contributed by atoms with Crippen molar-refractivity contribution in [2.75, 3.05) is 6.61 Å². The Labute approximate surface area is 139 Å². The molecule has 0 aliphatic carbocycles. The summed E-state index contributed by atoms with van der Waals surface area (Å²) in [5.41, 5.74) is 3.25. The monoisotopic (exact) mass is 332 g/mol. The molecule has 3 rings (SSSR count). The van der Waals surface area contributed by atoms with E-state index in [9.17, 15) is 4.79 Å². The van der Waals surface area contributed by atoms with Crippen molar-refractivity contribution in [2.45, 2.75) is 38.5 Å². The van der Waals surface area contributed by atoms with Crippen LogP contribution in [-0.2, 0) is 11.3 Å². The second-order valence-electron chi connectivity index (χ2n) is 5.61. The van der Waals surface area contributed by atoms with Crippen LogP contribution < -0.4 is 10.1 Å². The van der Waals surface area contributed by atoms with E-state index in [0.29, 0.717) is 17.9 Å². The topological polar surface area (TPSA) is 60.5 Å². The summed E-state index contributed by atoms with van der Waals surface area (Å²) in [6.45, 7) is 3.17. The van der Waals surface area contributed by atoms with Crippen LogP contribution in [0.2, 0.25) is 0 Å². The number of rotatable bonds is 6. The zero-order valence-electron chi connectivity index (χ0n) is 13.0. The molecule has 0 unspecified atom stereocenters. The maximum atomic E-state index is 12.4. The Morgan fingerprint density at radius 3 is 3.22 bits per heavy atom. The van der Waals surface area contributed by atoms with Gasteiger partial charge in [0.05, 0.1) is 23.4 Å². The molecule has 1 aliphatic rings. The fourth-order valence-electron chi connectivity index (χ4n) is 2.57. The molecule has 2 heterocycles. The summed E-state index contributed by atoms with van der Waals surface area (Å²) in [5, 5.41) is 4.95. The predicted octanol–water partition coefficient (Wildman–Crippen LogP) is 3.02. The lowest BCUT2D eigenvalue weighted by Gasteiger charge is -2.20. The van der Waals surface area contributed by atoms with E-state index in [1.807, 2.05) is 24.4 Å². The first-order chi connectivity index (χ1) is 11.2. The Balaban J connectivity index is 1.58. The van der Waals surface area contributed by atoms with Crippen LogP contribution in [-0.4, -0.2) is 29.6 Å². The van der Waals surface area contributed by atoms with Gasteiger partial charge < -0.3 is 14.8 Å². The van der Waals surface area contributed by atoms with Gasteiger partial charge in [-0.3, -0.25) is 4.79 Å². The minimum absolute atomic E-state index is 0.00424. The highest BCUT2D eigenvalue weighted by atomic mass is 32.1. The number of nitrogens with one attached hydrogen (secondary N) is 1. The largest absolute Gasteiger partial charge is 0.487 e. The normalized spacial score (nSPS) is 18.6. The van der Waals surface area contributed by atoms with Gasteiger partial charge in [-0.15, -0.1) is 11.3 Å². The molecule has 122 valence electrons. The molecule has 1 N–H and O–H groups in total. The van der Waals surface area contributed by atoms with Crippen LogP contribution in [0.15, 0.2) is 35.2 Å². The van der Waals surface area contributed by atoms with Gasteiger partial charge >= 0.3 is 0 Å². The molecule has 1 aliphatic heterocycles. The third-order valence-electron chi connectivity index (χ3n) is 3.85. The van der Waals surface area contributed by atoms with Crippen LogP contribution in [0.1, 0.15) is 35.8 Å². The van der Waals surface area contributed by atoms with Gasteiger partial charge in [0, 0.05) is 17.6 Å². The molecule has 5 nitrogen and oxygen atoms in total. The van der Waals surface area contributed by atoms with Gasteiger partial charge in [0.2, 0.25) is 0 Å². The SMILES string of the molecule is C[C@H](NC(=O)c1cccc(OCc2cscn2)c1)[C@H]1CCCO1. The fourth-order valence-corrected chi connectivity index (χ4v) is 3.12. The number of benzene rings is 1. The van der Waals surface area contributed by atoms with Gasteiger partial charge in [-0.05, 0) is 38.0 Å². The first-order valence-corrected chi connectivity index (χ1v) is 8.69. The fraction of sp³-hybridized carbons (Fsp3) is 0.412. The van der Waals surface area contributed by atoms with Crippen LogP contribution in [0.4, 0.5) is 0 Å². The first-order valence-electron chi connectivity index (χ1n) is 7.75. The van der Waals surface area contributed by atoms with Gasteiger partial charge in [0.15, 0.2) is 0 Å². The molecule has 0 bridgehead atoms. The van der Waals surface area contributed by atoms with Crippen LogP contribution in [0, 0.1) is 0 Å². The minimum atomic E-state index is -0.105. The highest BCUT2D eigenvalue weighted by molar-refractivity contribution is 7.07. The Bertz CT molecular complexity index is 639. The summed E-state index contributed by atoms with van der Waals surface area (Å²) in [4.78, 5) is 16.5. The second kappa shape index (κ2) is 7.57. The molecule has 1 aromatic carbocycles. The van der Waals surface area contributed by atoms with Gasteiger partial charge in [-0.25, -0.2) is 4.98 Å². The van der Waals surface area contributed by atoms with Crippen molar-refractivity contribution in [2.24, 2.45) is 0 Å². The van der Waals surface area contributed by atoms with E-state index >= 15 is 0 Å². The van der Waals surface area contributed by atoms with E-state index in [2.05, 4.69) is 10.3 Å². The third kappa shape index (κ3) is 4.30. The average molecular weight is 332 g/mol. The zero-order chi connectivity index (χ0) is 16.1. The molecule has 23 heavy (non-hydrogen) atoms. The van der Waals surface area contributed by atoms with E-state index in [4.69, 9.17) is 9.47 Å². The molecule has 0 radical (unpaired) electrons. The lowest BCUT2D eigenvalue weighted by Crippen LogP contribution is -2.40. The molecule has 1 aromatic heterocycles. The molecular formula is C17H20N2O3S. The lowest BCUT2D eigenvalue weighted by molar-refractivity contribution is 0.0712. The number of carbonyl (C=O) groups is 1. The maximum Gasteiger partial charge on any atom is 0.251 e. The summed E-state index contributed by atoms with van der Waals surface area (Å²) >= 11 is 1.53. The van der Waals surface area contributed by atoms with Crippen LogP contribution >= 0.6 is 11.3 Å². The maximum absolute atomic E-state index is 12.4. The molecular weight excluding hydrogens is 312 g/mol. The Morgan fingerprint density at radius 2 is 2.48 bits per heavy atom. The number of carbonyl (C=O) groups excluding carboxylic acids is 1. The molecule has 6 heteroatoms. The number of thiazole rings is 1. The van der Waals surface area contributed by atoms with Gasteiger partial charge in [0.25, 0.3) is 5.91 Å². The quantitative estimate of drug-likeness (QED) is 0.883. The van der Waals surface area contributed by atoms with Crippen molar-refractivity contribution in [3.8, 4) is 5.75 Å². The van der Waals surface area contributed by atoms with Crippen molar-refractivity contribution in [3.63, 3.8) is 0 Å². The molecule has 0 spiro atoms. The predicted molar refractivity (Wildman–Crippen MR) is 88.8 cm³/mol. The van der Waals surface area contributed by atoms with Crippen molar-refractivity contribution >= 4 is 17.2 Å². The third-order valence-corrected chi connectivity index (χ3v) is 4.48. The molecule has 0 saturated carbocycles. The van der Waals surface area contributed by atoms with Crippen LogP contribution in [0.25, 0.3) is 0 Å². The Hall–Kier alpha value is -1.92. The number of ether oxygens (including phenoxy) is 2. The highest BCUT2D eigenvalue weighted by Gasteiger charge is 2.24. The highest BCUT2D eigenvalue weighted by Crippen LogP contribution is 2.18. The van der Waals surface area contributed by atoms with E-state index in [1.165, 1.54) is 11.3 Å². The Kier molecular flexibility index (Phi) is 5.25. The standard InChI is InChI=1S/C17H20N2O3S/c1-12(16-6-3-7-21-16)19-17(20)13-4-2-5-15(8-13)22-9-14-10-23-11-18-14/h2,4-5,8,10-12,16H,3,6-7,9H2,1H3,(H,19,20)/t12-,16+/m0/s1. The number of aromatic nitrogens is 1. The van der Waals surface area contributed by atoms with E-state index in [1.54, 1.807) is 17.6 Å². The summed E-state index contributed by atoms with van der Waals surface area (Å²) in [5.74, 6) is 0.558. The molecule has 1 amide bonds. The Morgan fingerprint density at radius 1 is 1.57 bits per heavy atom. The first kappa shape index (κ1) is 16.0. The molecule has 2 aromatic rings. The van der Waals surface area contributed by atoms with Gasteiger partial charge in [-0.1, -0.05) is 6.07 Å². The van der Waals surface area contributed by atoms with Crippen LogP contribution in [0.3, 0.4) is 0 Å². The summed E-state index contributed by atoms with van der Waals surface area (Å²) < 4.78 is 11.3. The van der Waals surface area contributed by atoms with Crippen molar-refractivity contribution in [3.05, 3.63) is 46.4 Å². The van der Waals surface area contributed by atoms with E-state index < -0.39 is 0 Å². The number of nitrogens with zero attached hydrogens (tertiary/aromatic N) is 1. The minimum Gasteiger partial charge on any atom is -0.487 e. The van der Waals surface area contributed by atoms with Gasteiger partial charge in [0.1, 0.15) is 12.4 Å². The molecule has 2 atom stereocenters. The number of hydrogen-bond donors (Lipinski definition) is 1. The van der Waals surface area contributed by atoms with Gasteiger partial charge in [-0.2, -0.15) is 0 Å². The molecule has 1 fully saturated rings. The smallest absolute Gasteiger partial charge is 0.251 e. The summed E-state index contributed by atoms with van der Waals surface area (Å²) in [6, 6.07) is 7.20. The lowest BCUT2D eigenvalue weighted by atomic mass is 10.1. The number of hydrogen-bond acceptors (Lipinski definition) is 5. The zero-order valence-corrected chi connectivity index (χ0v) is 13.8. The van der Waals surface area contributed by atoms with E-state index in [-0.39, 0.29) is 18.1 Å². The van der Waals surface area contributed by atoms with Crippen molar-refractivity contribution < 1.29 is 14.3 Å². The van der Waals surface area contributed by atoms with E-state index in [0.717, 1.165) is 25.1 Å². The second-order valence-corrected chi connectivity index (χ2v) is 6.33.